The number of hydrogen-bond donors (Lipinski definition) is 0. The minimum Gasteiger partial charge on any atom is -0.446 e. The minimum atomic E-state index is -2.41. The summed E-state index contributed by atoms with van der Waals surface area (Å²) in [6.45, 7) is 16.2. The molecule has 0 N–H and O–H groups in total. The van der Waals surface area contributed by atoms with Crippen LogP contribution in [0.4, 0.5) is 9.18 Å². The van der Waals surface area contributed by atoms with Crippen LogP contribution in [0.25, 0.3) is 0 Å². The van der Waals surface area contributed by atoms with Gasteiger partial charge in [0.2, 0.25) is 8.32 Å². The number of benzene rings is 1. The molecule has 2 atom stereocenters. The maximum Gasteiger partial charge on any atom is 0.417 e. The van der Waals surface area contributed by atoms with Gasteiger partial charge in [-0.3, -0.25) is 4.79 Å². The molecule has 1 fully saturated rings. The Morgan fingerprint density at radius 2 is 1.52 bits per heavy atom. The van der Waals surface area contributed by atoms with Crippen molar-refractivity contribution in [2.24, 2.45) is 0 Å². The topological polar surface area (TPSA) is 55.8 Å². The lowest BCUT2D eigenvalue weighted by atomic mass is 9.91. The van der Waals surface area contributed by atoms with E-state index in [2.05, 4.69) is 41.5 Å². The van der Waals surface area contributed by atoms with E-state index >= 15 is 0 Å². The number of carbonyl (C=O) groups excluding carboxylic acids is 2. The minimum absolute atomic E-state index is 0.258. The molecule has 1 aliphatic heterocycles. The fourth-order valence-electron chi connectivity index (χ4n) is 4.68. The number of halogens is 1. The number of ether oxygens (including phenoxy) is 1. The van der Waals surface area contributed by atoms with Crippen molar-refractivity contribution >= 4 is 20.3 Å². The molecule has 0 saturated carbocycles. The van der Waals surface area contributed by atoms with Crippen LogP contribution in [0.3, 0.4) is 0 Å². The van der Waals surface area contributed by atoms with Crippen LogP contribution in [0.15, 0.2) is 24.3 Å². The fraction of sp³-hybridized carbons (Fsp3) is 0.636. The molecule has 2 rings (SSSR count). The predicted octanol–water partition coefficient (Wildman–Crippen LogP) is 5.81. The lowest BCUT2D eigenvalue weighted by molar-refractivity contribution is -0.161. The normalized spacial score (nSPS) is 20.0. The van der Waals surface area contributed by atoms with Crippen LogP contribution in [-0.2, 0) is 14.0 Å². The molecular formula is C22H34FNO4Si. The van der Waals surface area contributed by atoms with Gasteiger partial charge in [0.1, 0.15) is 11.9 Å². The van der Waals surface area contributed by atoms with Crippen LogP contribution in [0.1, 0.15) is 67.0 Å². The van der Waals surface area contributed by atoms with E-state index < -0.39 is 38.3 Å². The van der Waals surface area contributed by atoms with Crippen LogP contribution in [-0.4, -0.2) is 37.4 Å². The highest BCUT2D eigenvalue weighted by Crippen LogP contribution is 2.48. The molecule has 1 heterocycles. The fourth-order valence-corrected chi connectivity index (χ4v) is 10.2. The Bertz CT molecular complexity index is 728. The molecule has 0 spiro atoms. The molecule has 0 aromatic heterocycles. The molecule has 1 aromatic rings. The third-order valence-electron chi connectivity index (χ3n) is 5.84. The number of likely N-dealkylation sites (tertiary alicyclic amines) is 1. The number of carbonyl (C=O) groups is 2. The van der Waals surface area contributed by atoms with Gasteiger partial charge in [-0.2, -0.15) is 0 Å². The molecule has 29 heavy (non-hydrogen) atoms. The molecule has 0 aliphatic carbocycles. The highest BCUT2D eigenvalue weighted by atomic mass is 28.4. The first-order chi connectivity index (χ1) is 13.4. The van der Waals surface area contributed by atoms with Crippen molar-refractivity contribution in [3.63, 3.8) is 0 Å². The van der Waals surface area contributed by atoms with Crippen LogP contribution in [0, 0.1) is 5.82 Å². The van der Waals surface area contributed by atoms with Crippen LogP contribution in [0.2, 0.25) is 16.6 Å². The number of amides is 2. The van der Waals surface area contributed by atoms with E-state index in [1.165, 1.54) is 6.07 Å². The third kappa shape index (κ3) is 4.26. The zero-order valence-corrected chi connectivity index (χ0v) is 19.7. The molecule has 2 amide bonds. The second-order valence-electron chi connectivity index (χ2n) is 8.96. The summed E-state index contributed by atoms with van der Waals surface area (Å²) in [5, 5.41) is 0. The summed E-state index contributed by atoms with van der Waals surface area (Å²) in [6.07, 6.45) is -2.03. The molecule has 0 bridgehead atoms. The maximum absolute atomic E-state index is 14.6. The van der Waals surface area contributed by atoms with Gasteiger partial charge in [-0.15, -0.1) is 0 Å². The number of nitrogens with zero attached hydrogens (tertiary/aromatic N) is 1. The van der Waals surface area contributed by atoms with Crippen molar-refractivity contribution in [1.82, 2.24) is 4.90 Å². The molecule has 1 aromatic carbocycles. The monoisotopic (exact) mass is 423 g/mol. The molecule has 0 unspecified atom stereocenters. The summed E-state index contributed by atoms with van der Waals surface area (Å²) >= 11 is 0. The SMILES string of the molecule is CC(C)OC(=O)N1C(=O)[C@H](O[Si](C(C)C)(C(C)C)C(C)C)[C@@H]1c1ccccc1F. The Hall–Kier alpha value is -1.73. The van der Waals surface area contributed by atoms with Crippen molar-refractivity contribution in [2.75, 3.05) is 0 Å². The van der Waals surface area contributed by atoms with Gasteiger partial charge in [0.25, 0.3) is 5.91 Å². The van der Waals surface area contributed by atoms with Gasteiger partial charge in [0.15, 0.2) is 6.10 Å². The average Bonchev–Trinajstić information content (AvgIpc) is 2.59. The van der Waals surface area contributed by atoms with Gasteiger partial charge in [0.05, 0.1) is 6.10 Å². The van der Waals surface area contributed by atoms with Gasteiger partial charge < -0.3 is 9.16 Å². The lowest BCUT2D eigenvalue weighted by Gasteiger charge is -2.51. The first-order valence-electron chi connectivity index (χ1n) is 10.4. The zero-order chi connectivity index (χ0) is 22.1. The Morgan fingerprint density at radius 1 is 1.00 bits per heavy atom. The molecule has 0 radical (unpaired) electrons. The van der Waals surface area contributed by atoms with E-state index in [0.29, 0.717) is 0 Å². The summed E-state index contributed by atoms with van der Waals surface area (Å²) < 4.78 is 26.5. The molecule has 1 aliphatic rings. The summed E-state index contributed by atoms with van der Waals surface area (Å²) in [6, 6.07) is 5.39. The first kappa shape index (κ1) is 23.5. The Kier molecular flexibility index (Phi) is 7.27. The third-order valence-corrected chi connectivity index (χ3v) is 11.9. The highest BCUT2D eigenvalue weighted by molar-refractivity contribution is 6.77. The zero-order valence-electron chi connectivity index (χ0n) is 18.7. The summed E-state index contributed by atoms with van der Waals surface area (Å²) in [5.74, 6) is -0.922. The molecule has 162 valence electrons. The smallest absolute Gasteiger partial charge is 0.417 e. The quantitative estimate of drug-likeness (QED) is 0.410. The van der Waals surface area contributed by atoms with Gasteiger partial charge in [-0.25, -0.2) is 14.1 Å². The van der Waals surface area contributed by atoms with Crippen molar-refractivity contribution in [1.29, 1.82) is 0 Å². The van der Waals surface area contributed by atoms with Crippen LogP contribution >= 0.6 is 0 Å². The highest BCUT2D eigenvalue weighted by Gasteiger charge is 2.59. The van der Waals surface area contributed by atoms with Gasteiger partial charge in [0, 0.05) is 5.56 Å². The second kappa shape index (κ2) is 8.96. The van der Waals surface area contributed by atoms with E-state index in [9.17, 15) is 14.0 Å². The molecule has 1 saturated heterocycles. The molecular weight excluding hydrogens is 389 g/mol. The first-order valence-corrected chi connectivity index (χ1v) is 12.5. The standard InChI is InChI=1S/C22H34FNO4Si/c1-13(2)27-22(26)24-19(17-11-9-10-12-18(17)23)20(21(24)25)28-29(14(3)4,15(5)6)16(7)8/h9-16,19-20H,1-8H3/t19-,20+/m0/s1. The Labute approximate surface area is 174 Å². The van der Waals surface area contributed by atoms with Crippen LogP contribution < -0.4 is 0 Å². The van der Waals surface area contributed by atoms with Gasteiger partial charge >= 0.3 is 6.09 Å². The van der Waals surface area contributed by atoms with E-state index in [1.807, 2.05) is 0 Å². The summed E-state index contributed by atoms with van der Waals surface area (Å²) in [4.78, 5) is 26.6. The van der Waals surface area contributed by atoms with Gasteiger partial charge in [-0.1, -0.05) is 59.7 Å². The van der Waals surface area contributed by atoms with E-state index in [4.69, 9.17) is 9.16 Å². The number of hydrogen-bond acceptors (Lipinski definition) is 4. The number of imide groups is 1. The van der Waals surface area contributed by atoms with Crippen molar-refractivity contribution in [3.8, 4) is 0 Å². The Morgan fingerprint density at radius 3 is 1.97 bits per heavy atom. The van der Waals surface area contributed by atoms with Crippen molar-refractivity contribution in [2.45, 2.75) is 90.3 Å². The van der Waals surface area contributed by atoms with Crippen molar-refractivity contribution < 1.29 is 23.1 Å². The van der Waals surface area contributed by atoms with Crippen molar-refractivity contribution in [3.05, 3.63) is 35.6 Å². The van der Waals surface area contributed by atoms with Gasteiger partial charge in [-0.05, 0) is 36.5 Å². The largest absolute Gasteiger partial charge is 0.446 e. The Balaban J connectivity index is 2.48. The average molecular weight is 424 g/mol. The number of β-lactam (4-membered cyclic amide) rings is 1. The summed E-state index contributed by atoms with van der Waals surface area (Å²) in [7, 11) is -2.41. The van der Waals surface area contributed by atoms with Crippen LogP contribution in [0.5, 0.6) is 0 Å². The van der Waals surface area contributed by atoms with E-state index in [-0.39, 0.29) is 28.3 Å². The molecule has 5 nitrogen and oxygen atoms in total. The maximum atomic E-state index is 14.6. The lowest BCUT2D eigenvalue weighted by Crippen LogP contribution is -2.66. The second-order valence-corrected chi connectivity index (χ2v) is 14.4. The summed E-state index contributed by atoms with van der Waals surface area (Å²) in [5.41, 5.74) is 1.05. The van der Waals surface area contributed by atoms with E-state index in [1.54, 1.807) is 32.0 Å². The van der Waals surface area contributed by atoms with E-state index in [0.717, 1.165) is 4.90 Å². The number of rotatable bonds is 7. The predicted molar refractivity (Wildman–Crippen MR) is 114 cm³/mol. The molecule has 7 heteroatoms.